The number of fused-ring (bicyclic) bond motifs is 3. The highest BCUT2D eigenvalue weighted by atomic mass is 16.3. The molecule has 0 aliphatic carbocycles. The molecular formula is C21H18N2O2. The zero-order valence-electron chi connectivity index (χ0n) is 13.8. The molecule has 1 aliphatic rings. The number of hydrogen-bond donors (Lipinski definition) is 1. The molecule has 2 aromatic carbocycles. The molecule has 25 heavy (non-hydrogen) atoms. The highest BCUT2D eigenvalue weighted by Gasteiger charge is 2.14. The standard InChI is InChI=1S/C21H18N2O2/c24-18-13-19(14-3-6-16(7-4-14)23-11-1-2-12-23)25-21-17(18)8-5-15-9-10-22-20(15)21/h3-10,13,22H,1-2,11-12H2. The maximum absolute atomic E-state index is 12.5. The van der Waals surface area contributed by atoms with Crippen LogP contribution in [0.4, 0.5) is 5.69 Å². The van der Waals surface area contributed by atoms with Crippen LogP contribution in [-0.2, 0) is 0 Å². The maximum Gasteiger partial charge on any atom is 0.193 e. The van der Waals surface area contributed by atoms with E-state index in [2.05, 4.69) is 22.0 Å². The minimum absolute atomic E-state index is 0.0173. The molecular weight excluding hydrogens is 312 g/mol. The normalized spacial score (nSPS) is 14.6. The predicted molar refractivity (Wildman–Crippen MR) is 101 cm³/mol. The lowest BCUT2D eigenvalue weighted by Gasteiger charge is -2.17. The Kier molecular flexibility index (Phi) is 3.17. The molecule has 1 fully saturated rings. The van der Waals surface area contributed by atoms with Gasteiger partial charge in [0, 0.05) is 42.0 Å². The lowest BCUT2D eigenvalue weighted by atomic mass is 10.1. The molecule has 3 heterocycles. The van der Waals surface area contributed by atoms with E-state index < -0.39 is 0 Å². The number of nitrogens with zero attached hydrogens (tertiary/aromatic N) is 1. The van der Waals surface area contributed by atoms with Crippen LogP contribution in [0.5, 0.6) is 0 Å². The fraction of sp³-hybridized carbons (Fsp3) is 0.190. The summed E-state index contributed by atoms with van der Waals surface area (Å²) in [5.41, 5.74) is 3.62. The second-order valence-corrected chi connectivity index (χ2v) is 6.60. The van der Waals surface area contributed by atoms with Crippen molar-refractivity contribution in [2.45, 2.75) is 12.8 Å². The Labute approximate surface area is 144 Å². The summed E-state index contributed by atoms with van der Waals surface area (Å²) in [7, 11) is 0. The van der Waals surface area contributed by atoms with Crippen LogP contribution in [0, 0.1) is 0 Å². The molecule has 2 aromatic heterocycles. The molecule has 1 aliphatic heterocycles. The summed E-state index contributed by atoms with van der Waals surface area (Å²) in [6.07, 6.45) is 4.38. The molecule has 0 atom stereocenters. The SMILES string of the molecule is O=c1cc(-c2ccc(N3CCCC3)cc2)oc2c1ccc1cc[nH]c12. The fourth-order valence-electron chi connectivity index (χ4n) is 3.69. The van der Waals surface area contributed by atoms with E-state index >= 15 is 0 Å². The molecule has 0 bridgehead atoms. The summed E-state index contributed by atoms with van der Waals surface area (Å²) < 4.78 is 6.12. The van der Waals surface area contributed by atoms with E-state index in [0.29, 0.717) is 16.7 Å². The summed E-state index contributed by atoms with van der Waals surface area (Å²) in [4.78, 5) is 18.1. The van der Waals surface area contributed by atoms with Crippen molar-refractivity contribution < 1.29 is 4.42 Å². The van der Waals surface area contributed by atoms with Crippen molar-refractivity contribution in [3.8, 4) is 11.3 Å². The van der Waals surface area contributed by atoms with Crippen molar-refractivity contribution in [2.75, 3.05) is 18.0 Å². The number of benzene rings is 2. The van der Waals surface area contributed by atoms with Gasteiger partial charge in [-0.3, -0.25) is 4.79 Å². The molecule has 1 N–H and O–H groups in total. The van der Waals surface area contributed by atoms with Gasteiger partial charge in [-0.25, -0.2) is 0 Å². The highest BCUT2D eigenvalue weighted by Crippen LogP contribution is 2.29. The number of H-pyrrole nitrogens is 1. The molecule has 5 rings (SSSR count). The predicted octanol–water partition coefficient (Wildman–Crippen LogP) is 4.54. The molecule has 0 unspecified atom stereocenters. The Hall–Kier alpha value is -3.01. The van der Waals surface area contributed by atoms with E-state index in [-0.39, 0.29) is 5.43 Å². The van der Waals surface area contributed by atoms with Crippen LogP contribution in [0.1, 0.15) is 12.8 Å². The number of hydrogen-bond acceptors (Lipinski definition) is 3. The topological polar surface area (TPSA) is 49.2 Å². The largest absolute Gasteiger partial charge is 0.454 e. The second-order valence-electron chi connectivity index (χ2n) is 6.60. The van der Waals surface area contributed by atoms with Crippen LogP contribution in [0.2, 0.25) is 0 Å². The Morgan fingerprint density at radius 2 is 1.76 bits per heavy atom. The number of aromatic nitrogens is 1. The Balaban J connectivity index is 1.63. The third-order valence-electron chi connectivity index (χ3n) is 5.04. The van der Waals surface area contributed by atoms with Crippen molar-refractivity contribution in [1.29, 1.82) is 0 Å². The summed E-state index contributed by atoms with van der Waals surface area (Å²) >= 11 is 0. The van der Waals surface area contributed by atoms with Gasteiger partial charge in [0.1, 0.15) is 5.76 Å². The van der Waals surface area contributed by atoms with Crippen molar-refractivity contribution in [3.05, 3.63) is 65.0 Å². The van der Waals surface area contributed by atoms with Gasteiger partial charge >= 0.3 is 0 Å². The van der Waals surface area contributed by atoms with Gasteiger partial charge < -0.3 is 14.3 Å². The molecule has 124 valence electrons. The third-order valence-corrected chi connectivity index (χ3v) is 5.04. The minimum Gasteiger partial charge on any atom is -0.454 e. The first-order valence-corrected chi connectivity index (χ1v) is 8.69. The summed E-state index contributed by atoms with van der Waals surface area (Å²) in [6, 6.07) is 15.6. The molecule has 4 heteroatoms. The zero-order chi connectivity index (χ0) is 16.8. The minimum atomic E-state index is -0.0173. The van der Waals surface area contributed by atoms with Gasteiger partial charge in [0.05, 0.1) is 10.9 Å². The van der Waals surface area contributed by atoms with E-state index in [9.17, 15) is 4.79 Å². The first kappa shape index (κ1) is 14.3. The zero-order valence-corrected chi connectivity index (χ0v) is 13.8. The van der Waals surface area contributed by atoms with Crippen LogP contribution >= 0.6 is 0 Å². The number of nitrogens with one attached hydrogen (secondary N) is 1. The van der Waals surface area contributed by atoms with Gasteiger partial charge in [-0.1, -0.05) is 6.07 Å². The van der Waals surface area contributed by atoms with Crippen molar-refractivity contribution >= 4 is 27.6 Å². The van der Waals surface area contributed by atoms with Gasteiger partial charge in [-0.2, -0.15) is 0 Å². The van der Waals surface area contributed by atoms with Gasteiger partial charge in [0.2, 0.25) is 0 Å². The van der Waals surface area contributed by atoms with Gasteiger partial charge in [0.15, 0.2) is 11.0 Å². The molecule has 4 aromatic rings. The van der Waals surface area contributed by atoms with E-state index in [1.807, 2.05) is 36.5 Å². The first-order chi connectivity index (χ1) is 12.3. The van der Waals surface area contributed by atoms with E-state index in [1.165, 1.54) is 18.5 Å². The van der Waals surface area contributed by atoms with Crippen LogP contribution in [-0.4, -0.2) is 18.1 Å². The van der Waals surface area contributed by atoms with Crippen LogP contribution in [0.15, 0.2) is 63.9 Å². The third kappa shape index (κ3) is 2.33. The maximum atomic E-state index is 12.5. The van der Waals surface area contributed by atoms with E-state index in [1.54, 1.807) is 6.07 Å². The average molecular weight is 330 g/mol. The lowest BCUT2D eigenvalue weighted by Crippen LogP contribution is -2.17. The quantitative estimate of drug-likeness (QED) is 0.587. The van der Waals surface area contributed by atoms with Gasteiger partial charge in [-0.05, 0) is 49.2 Å². The number of aromatic amines is 1. The lowest BCUT2D eigenvalue weighted by molar-refractivity contribution is 0.622. The number of rotatable bonds is 2. The van der Waals surface area contributed by atoms with Crippen LogP contribution in [0.25, 0.3) is 33.2 Å². The molecule has 0 saturated carbocycles. The molecule has 0 spiro atoms. The first-order valence-electron chi connectivity index (χ1n) is 8.69. The Morgan fingerprint density at radius 1 is 0.960 bits per heavy atom. The highest BCUT2D eigenvalue weighted by molar-refractivity contribution is 6.02. The van der Waals surface area contributed by atoms with Crippen molar-refractivity contribution in [3.63, 3.8) is 0 Å². The molecule has 0 radical (unpaired) electrons. The smallest absolute Gasteiger partial charge is 0.193 e. The van der Waals surface area contributed by atoms with E-state index in [0.717, 1.165) is 29.6 Å². The van der Waals surface area contributed by atoms with Gasteiger partial charge in [0.25, 0.3) is 0 Å². The summed E-state index contributed by atoms with van der Waals surface area (Å²) in [5.74, 6) is 0.604. The average Bonchev–Trinajstić information content (AvgIpc) is 3.33. The molecule has 1 saturated heterocycles. The van der Waals surface area contributed by atoms with Crippen molar-refractivity contribution in [1.82, 2.24) is 4.98 Å². The van der Waals surface area contributed by atoms with Crippen LogP contribution < -0.4 is 10.3 Å². The number of anilines is 1. The van der Waals surface area contributed by atoms with Crippen LogP contribution in [0.3, 0.4) is 0 Å². The molecule has 0 amide bonds. The Bertz CT molecular complexity index is 1120. The second kappa shape index (κ2) is 5.52. The summed E-state index contributed by atoms with van der Waals surface area (Å²) in [6.45, 7) is 2.24. The van der Waals surface area contributed by atoms with E-state index in [4.69, 9.17) is 4.42 Å². The fourth-order valence-corrected chi connectivity index (χ4v) is 3.69. The Morgan fingerprint density at radius 3 is 2.56 bits per heavy atom. The van der Waals surface area contributed by atoms with Crippen molar-refractivity contribution in [2.24, 2.45) is 0 Å². The molecule has 4 nitrogen and oxygen atoms in total. The van der Waals surface area contributed by atoms with Gasteiger partial charge in [-0.15, -0.1) is 0 Å². The summed E-state index contributed by atoms with van der Waals surface area (Å²) in [5, 5.41) is 1.64. The monoisotopic (exact) mass is 330 g/mol.